The summed E-state index contributed by atoms with van der Waals surface area (Å²) in [6.07, 6.45) is 9.89. The van der Waals surface area contributed by atoms with Gasteiger partial charge in [0.2, 0.25) is 0 Å². The first-order valence-electron chi connectivity index (χ1n) is 8.41. The molecule has 1 nitrogen and oxygen atoms in total. The summed E-state index contributed by atoms with van der Waals surface area (Å²) in [4.78, 5) is 0. The zero-order valence-corrected chi connectivity index (χ0v) is 13.2. The molecule has 1 aliphatic carbocycles. The maximum atomic E-state index is 3.66. The monoisotopic (exact) mass is 253 g/mol. The molecule has 1 rings (SSSR count). The molecule has 0 radical (unpaired) electrons. The second kappa shape index (κ2) is 8.96. The van der Waals surface area contributed by atoms with Crippen molar-refractivity contribution in [1.82, 2.24) is 5.32 Å². The van der Waals surface area contributed by atoms with Crippen LogP contribution in [0.4, 0.5) is 0 Å². The number of hydrogen-bond donors (Lipinski definition) is 1. The highest BCUT2D eigenvalue weighted by molar-refractivity contribution is 4.81. The maximum Gasteiger partial charge on any atom is -0.00179 e. The third-order valence-corrected chi connectivity index (χ3v) is 5.03. The quantitative estimate of drug-likeness (QED) is 0.609. The van der Waals surface area contributed by atoms with E-state index < -0.39 is 0 Å². The number of hydrogen-bond acceptors (Lipinski definition) is 1. The van der Waals surface area contributed by atoms with Crippen molar-refractivity contribution in [3.05, 3.63) is 0 Å². The molecular weight excluding hydrogens is 218 g/mol. The topological polar surface area (TPSA) is 12.0 Å². The molecule has 3 atom stereocenters. The highest BCUT2D eigenvalue weighted by Crippen LogP contribution is 2.38. The van der Waals surface area contributed by atoms with Gasteiger partial charge >= 0.3 is 0 Å². The standard InChI is InChI=1S/C17H35N/c1-5-10-18-13-16-9-8-14(4)11-17(16)12-15(6-2)7-3/h14-18H,5-13H2,1-4H3. The van der Waals surface area contributed by atoms with E-state index in [2.05, 4.69) is 33.0 Å². The molecule has 1 fully saturated rings. The van der Waals surface area contributed by atoms with Gasteiger partial charge in [0.15, 0.2) is 0 Å². The Hall–Kier alpha value is -0.0400. The predicted molar refractivity (Wildman–Crippen MR) is 81.8 cm³/mol. The van der Waals surface area contributed by atoms with Crippen LogP contribution in [0.2, 0.25) is 0 Å². The lowest BCUT2D eigenvalue weighted by Gasteiger charge is -2.37. The van der Waals surface area contributed by atoms with E-state index in [-0.39, 0.29) is 0 Å². The Morgan fingerprint density at radius 3 is 2.39 bits per heavy atom. The smallest absolute Gasteiger partial charge is 0.00179 e. The molecule has 18 heavy (non-hydrogen) atoms. The van der Waals surface area contributed by atoms with E-state index in [0.717, 1.165) is 23.7 Å². The lowest BCUT2D eigenvalue weighted by atomic mass is 9.70. The fourth-order valence-electron chi connectivity index (χ4n) is 3.63. The van der Waals surface area contributed by atoms with E-state index in [4.69, 9.17) is 0 Å². The van der Waals surface area contributed by atoms with Crippen LogP contribution in [0.5, 0.6) is 0 Å². The van der Waals surface area contributed by atoms with E-state index in [1.165, 1.54) is 58.0 Å². The highest BCUT2D eigenvalue weighted by Gasteiger charge is 2.29. The molecule has 0 amide bonds. The molecule has 0 aromatic carbocycles. The molecule has 0 aromatic rings. The van der Waals surface area contributed by atoms with E-state index in [1.54, 1.807) is 0 Å². The van der Waals surface area contributed by atoms with Gasteiger partial charge in [0.1, 0.15) is 0 Å². The van der Waals surface area contributed by atoms with E-state index in [9.17, 15) is 0 Å². The van der Waals surface area contributed by atoms with Gasteiger partial charge in [0.05, 0.1) is 0 Å². The van der Waals surface area contributed by atoms with Gasteiger partial charge in [-0.15, -0.1) is 0 Å². The van der Waals surface area contributed by atoms with Crippen molar-refractivity contribution >= 4 is 0 Å². The van der Waals surface area contributed by atoms with Crippen LogP contribution in [-0.2, 0) is 0 Å². The van der Waals surface area contributed by atoms with Crippen molar-refractivity contribution in [3.63, 3.8) is 0 Å². The van der Waals surface area contributed by atoms with Crippen molar-refractivity contribution in [2.45, 2.75) is 72.6 Å². The summed E-state index contributed by atoms with van der Waals surface area (Å²) in [5.41, 5.74) is 0. The molecule has 108 valence electrons. The molecule has 0 heterocycles. The summed E-state index contributed by atoms with van der Waals surface area (Å²) in [6.45, 7) is 11.9. The highest BCUT2D eigenvalue weighted by atomic mass is 14.9. The van der Waals surface area contributed by atoms with Crippen molar-refractivity contribution in [2.24, 2.45) is 23.7 Å². The van der Waals surface area contributed by atoms with Gasteiger partial charge in [0, 0.05) is 0 Å². The lowest BCUT2D eigenvalue weighted by Crippen LogP contribution is -2.34. The number of nitrogens with one attached hydrogen (secondary N) is 1. The van der Waals surface area contributed by atoms with Crippen molar-refractivity contribution < 1.29 is 0 Å². The van der Waals surface area contributed by atoms with Gasteiger partial charge in [0.25, 0.3) is 0 Å². The van der Waals surface area contributed by atoms with Crippen LogP contribution in [0.15, 0.2) is 0 Å². The molecule has 0 aromatic heterocycles. The van der Waals surface area contributed by atoms with Crippen molar-refractivity contribution in [1.29, 1.82) is 0 Å². The van der Waals surface area contributed by atoms with Gasteiger partial charge in [-0.25, -0.2) is 0 Å². The van der Waals surface area contributed by atoms with Gasteiger partial charge in [-0.3, -0.25) is 0 Å². The van der Waals surface area contributed by atoms with Crippen LogP contribution in [0.3, 0.4) is 0 Å². The van der Waals surface area contributed by atoms with Crippen LogP contribution in [0.1, 0.15) is 72.6 Å². The molecule has 0 aliphatic heterocycles. The minimum absolute atomic E-state index is 0.952. The second-order valence-corrected chi connectivity index (χ2v) is 6.56. The first-order valence-corrected chi connectivity index (χ1v) is 8.41. The van der Waals surface area contributed by atoms with E-state index in [0.29, 0.717) is 0 Å². The lowest BCUT2D eigenvalue weighted by molar-refractivity contribution is 0.152. The summed E-state index contributed by atoms with van der Waals surface area (Å²) in [5.74, 6) is 3.87. The molecule has 1 N–H and O–H groups in total. The van der Waals surface area contributed by atoms with Gasteiger partial charge in [-0.2, -0.15) is 0 Å². The Kier molecular flexibility index (Phi) is 7.97. The van der Waals surface area contributed by atoms with Gasteiger partial charge < -0.3 is 5.32 Å². The molecule has 1 aliphatic rings. The summed E-state index contributed by atoms with van der Waals surface area (Å²) in [7, 11) is 0. The maximum absolute atomic E-state index is 3.66. The number of rotatable bonds is 8. The van der Waals surface area contributed by atoms with Crippen LogP contribution in [-0.4, -0.2) is 13.1 Å². The largest absolute Gasteiger partial charge is 0.316 e. The molecule has 3 unspecified atom stereocenters. The Morgan fingerprint density at radius 2 is 1.78 bits per heavy atom. The van der Waals surface area contributed by atoms with Crippen LogP contribution in [0, 0.1) is 23.7 Å². The average Bonchev–Trinajstić information content (AvgIpc) is 2.38. The molecule has 0 saturated heterocycles. The average molecular weight is 253 g/mol. The molecule has 1 saturated carbocycles. The minimum Gasteiger partial charge on any atom is -0.316 e. The Bertz CT molecular complexity index is 198. The Morgan fingerprint density at radius 1 is 1.06 bits per heavy atom. The minimum atomic E-state index is 0.952. The van der Waals surface area contributed by atoms with Crippen LogP contribution in [0.25, 0.3) is 0 Å². The zero-order valence-electron chi connectivity index (χ0n) is 13.2. The third kappa shape index (κ3) is 5.30. The van der Waals surface area contributed by atoms with Crippen LogP contribution < -0.4 is 5.32 Å². The zero-order chi connectivity index (χ0) is 13.4. The van der Waals surface area contributed by atoms with Crippen molar-refractivity contribution in [3.8, 4) is 0 Å². The fourth-order valence-corrected chi connectivity index (χ4v) is 3.63. The SMILES string of the molecule is CCCNCC1CCC(C)CC1CC(CC)CC. The van der Waals surface area contributed by atoms with E-state index in [1.807, 2.05) is 0 Å². The first kappa shape index (κ1) is 16.0. The van der Waals surface area contributed by atoms with Crippen LogP contribution >= 0.6 is 0 Å². The van der Waals surface area contributed by atoms with Gasteiger partial charge in [-0.05, 0) is 62.4 Å². The Labute approximate surface area is 115 Å². The van der Waals surface area contributed by atoms with Gasteiger partial charge in [-0.1, -0.05) is 47.0 Å². The van der Waals surface area contributed by atoms with Crippen molar-refractivity contribution in [2.75, 3.05) is 13.1 Å². The summed E-state index contributed by atoms with van der Waals surface area (Å²) in [6, 6.07) is 0. The van der Waals surface area contributed by atoms with E-state index >= 15 is 0 Å². The predicted octanol–water partition coefficient (Wildman–Crippen LogP) is 4.86. The summed E-state index contributed by atoms with van der Waals surface area (Å²) >= 11 is 0. The molecule has 0 spiro atoms. The summed E-state index contributed by atoms with van der Waals surface area (Å²) < 4.78 is 0. The molecule has 1 heteroatoms. The summed E-state index contributed by atoms with van der Waals surface area (Å²) in [5, 5.41) is 3.66. The fraction of sp³-hybridized carbons (Fsp3) is 1.00. The first-order chi connectivity index (χ1) is 8.71. The Balaban J connectivity index is 2.45. The third-order valence-electron chi connectivity index (χ3n) is 5.03. The molecule has 0 bridgehead atoms. The molecular formula is C17H35N. The normalized spacial score (nSPS) is 28.8. The second-order valence-electron chi connectivity index (χ2n) is 6.56.